The molecule has 2 aliphatic heterocycles. The molecule has 4 nitrogen and oxygen atoms in total. The minimum absolute atomic E-state index is 0.141. The van der Waals surface area contributed by atoms with E-state index in [4.69, 9.17) is 0 Å². The fourth-order valence-electron chi connectivity index (χ4n) is 7.14. The topological polar surface area (TPSA) is 40.6 Å². The van der Waals surface area contributed by atoms with Crippen LogP contribution in [0.3, 0.4) is 0 Å². The Bertz CT molecular complexity index is 1890. The van der Waals surface area contributed by atoms with E-state index in [1.54, 1.807) is 0 Å². The SMILES string of the molecule is CC(C)c1cccc(C(C)C)c1N1C(=O)c2cccc3cc(N4c5ccccc5C(C)(C)c5ccccc54)cc(c23)C1=O. The highest BCUT2D eigenvalue weighted by Crippen LogP contribution is 2.52. The molecule has 5 aromatic carbocycles. The van der Waals surface area contributed by atoms with Gasteiger partial charge in [0.15, 0.2) is 0 Å². The number of amides is 2. The number of rotatable bonds is 4. The van der Waals surface area contributed by atoms with Crippen molar-refractivity contribution in [2.45, 2.75) is 58.8 Å². The first-order chi connectivity index (χ1) is 20.6. The van der Waals surface area contributed by atoms with Gasteiger partial charge in [-0.25, -0.2) is 4.90 Å². The molecule has 43 heavy (non-hydrogen) atoms. The molecule has 2 amide bonds. The lowest BCUT2D eigenvalue weighted by Crippen LogP contribution is -2.42. The van der Waals surface area contributed by atoms with Crippen LogP contribution in [0.15, 0.2) is 97.1 Å². The van der Waals surface area contributed by atoms with Crippen LogP contribution in [-0.2, 0) is 5.41 Å². The summed E-state index contributed by atoms with van der Waals surface area (Å²) in [6.45, 7) is 13.0. The van der Waals surface area contributed by atoms with E-state index >= 15 is 0 Å². The predicted molar refractivity (Wildman–Crippen MR) is 177 cm³/mol. The van der Waals surface area contributed by atoms with Gasteiger partial charge >= 0.3 is 0 Å². The Morgan fingerprint density at radius 2 is 1.12 bits per heavy atom. The molecular weight excluding hydrogens is 528 g/mol. The maximum Gasteiger partial charge on any atom is 0.266 e. The molecule has 0 saturated heterocycles. The molecule has 0 spiro atoms. The largest absolute Gasteiger partial charge is 0.310 e. The summed E-state index contributed by atoms with van der Waals surface area (Å²) in [6.07, 6.45) is 0. The molecule has 4 heteroatoms. The number of carbonyl (C=O) groups is 2. The van der Waals surface area contributed by atoms with Gasteiger partial charge < -0.3 is 4.90 Å². The van der Waals surface area contributed by atoms with Gasteiger partial charge in [0.25, 0.3) is 11.8 Å². The number of hydrogen-bond acceptors (Lipinski definition) is 3. The van der Waals surface area contributed by atoms with E-state index in [1.165, 1.54) is 16.0 Å². The summed E-state index contributed by atoms with van der Waals surface area (Å²) >= 11 is 0. The summed E-state index contributed by atoms with van der Waals surface area (Å²) in [6, 6.07) is 33.1. The van der Waals surface area contributed by atoms with Gasteiger partial charge in [-0.15, -0.1) is 0 Å². The summed E-state index contributed by atoms with van der Waals surface area (Å²) in [7, 11) is 0. The van der Waals surface area contributed by atoms with Crippen molar-refractivity contribution < 1.29 is 9.59 Å². The minimum Gasteiger partial charge on any atom is -0.310 e. The van der Waals surface area contributed by atoms with Crippen molar-refractivity contribution in [3.8, 4) is 0 Å². The van der Waals surface area contributed by atoms with Crippen molar-refractivity contribution in [3.63, 3.8) is 0 Å². The Kier molecular flexibility index (Phi) is 6.10. The molecule has 0 fully saturated rings. The van der Waals surface area contributed by atoms with Crippen molar-refractivity contribution in [1.82, 2.24) is 0 Å². The van der Waals surface area contributed by atoms with E-state index in [0.29, 0.717) is 11.1 Å². The Hall–Kier alpha value is -4.70. The van der Waals surface area contributed by atoms with Gasteiger partial charge in [-0.2, -0.15) is 0 Å². The van der Waals surface area contributed by atoms with E-state index in [-0.39, 0.29) is 29.1 Å². The summed E-state index contributed by atoms with van der Waals surface area (Å²) < 4.78 is 0. The van der Waals surface area contributed by atoms with E-state index in [0.717, 1.165) is 44.6 Å². The van der Waals surface area contributed by atoms with Gasteiger partial charge in [0, 0.05) is 22.1 Å². The highest BCUT2D eigenvalue weighted by Gasteiger charge is 2.40. The lowest BCUT2D eigenvalue weighted by molar-refractivity contribution is 0.0893. The minimum atomic E-state index is -0.274. The molecule has 0 aromatic heterocycles. The summed E-state index contributed by atoms with van der Waals surface area (Å²) in [5.74, 6) is -0.254. The van der Waals surface area contributed by atoms with Crippen molar-refractivity contribution >= 4 is 45.3 Å². The third-order valence-electron chi connectivity index (χ3n) is 9.29. The molecule has 0 N–H and O–H groups in total. The molecule has 0 aliphatic carbocycles. The summed E-state index contributed by atoms with van der Waals surface area (Å²) in [4.78, 5) is 32.6. The third-order valence-corrected chi connectivity index (χ3v) is 9.29. The average Bonchev–Trinajstić information content (AvgIpc) is 3.00. The van der Waals surface area contributed by atoms with E-state index in [1.807, 2.05) is 42.5 Å². The number of para-hydroxylation sites is 3. The molecule has 0 atom stereocenters. The second-order valence-electron chi connectivity index (χ2n) is 12.9. The third kappa shape index (κ3) is 3.89. The van der Waals surface area contributed by atoms with E-state index in [2.05, 4.69) is 101 Å². The second-order valence-corrected chi connectivity index (χ2v) is 12.9. The Morgan fingerprint density at radius 3 is 1.70 bits per heavy atom. The fraction of sp³-hybridized carbons (Fsp3) is 0.231. The first kappa shape index (κ1) is 27.2. The number of benzene rings is 5. The van der Waals surface area contributed by atoms with Crippen LogP contribution >= 0.6 is 0 Å². The molecule has 0 bridgehead atoms. The van der Waals surface area contributed by atoms with Crippen LogP contribution < -0.4 is 9.80 Å². The van der Waals surface area contributed by atoms with Crippen molar-refractivity contribution in [3.05, 3.63) is 130 Å². The first-order valence-corrected chi connectivity index (χ1v) is 15.2. The van der Waals surface area contributed by atoms with E-state index < -0.39 is 0 Å². The number of carbonyl (C=O) groups excluding carboxylic acids is 2. The standard InChI is InChI=1S/C39H36N2O2/c1-23(2)27-14-12-15-28(24(3)4)36(27)41-37(42)29-16-11-13-25-21-26(22-30(35(25)29)38(41)43)40-33-19-9-7-17-31(33)39(5,6)32-18-8-10-20-34(32)40/h7-24H,1-6H3. The zero-order valence-electron chi connectivity index (χ0n) is 25.6. The Labute approximate surface area is 253 Å². The van der Waals surface area contributed by atoms with Gasteiger partial charge in [0.2, 0.25) is 0 Å². The normalized spacial score (nSPS) is 15.3. The van der Waals surface area contributed by atoms with Crippen LogP contribution in [0.5, 0.6) is 0 Å². The van der Waals surface area contributed by atoms with Crippen LogP contribution in [0, 0.1) is 0 Å². The van der Waals surface area contributed by atoms with Crippen molar-refractivity contribution in [2.24, 2.45) is 0 Å². The van der Waals surface area contributed by atoms with Gasteiger partial charge in [0.05, 0.1) is 22.6 Å². The zero-order chi connectivity index (χ0) is 30.2. The first-order valence-electron chi connectivity index (χ1n) is 15.2. The van der Waals surface area contributed by atoms with Crippen LogP contribution in [0.2, 0.25) is 0 Å². The van der Waals surface area contributed by atoms with Crippen molar-refractivity contribution in [2.75, 3.05) is 9.80 Å². The lowest BCUT2D eigenvalue weighted by atomic mass is 9.73. The van der Waals surface area contributed by atoms with Gasteiger partial charge in [-0.3, -0.25) is 9.59 Å². The van der Waals surface area contributed by atoms with Gasteiger partial charge in [-0.1, -0.05) is 108 Å². The zero-order valence-corrected chi connectivity index (χ0v) is 25.6. The van der Waals surface area contributed by atoms with Crippen LogP contribution in [0.1, 0.15) is 96.3 Å². The molecule has 0 unspecified atom stereocenters. The maximum absolute atomic E-state index is 14.7. The average molecular weight is 565 g/mol. The van der Waals surface area contributed by atoms with Crippen LogP contribution in [-0.4, -0.2) is 11.8 Å². The van der Waals surface area contributed by atoms with Gasteiger partial charge in [-0.05, 0) is 69.8 Å². The molecule has 0 radical (unpaired) electrons. The second kappa shape index (κ2) is 9.67. The van der Waals surface area contributed by atoms with Crippen LogP contribution in [0.4, 0.5) is 22.7 Å². The van der Waals surface area contributed by atoms with E-state index in [9.17, 15) is 9.59 Å². The molecule has 7 rings (SSSR count). The van der Waals surface area contributed by atoms with Gasteiger partial charge in [0.1, 0.15) is 0 Å². The smallest absolute Gasteiger partial charge is 0.266 e. The quantitative estimate of drug-likeness (QED) is 0.204. The number of imide groups is 1. The molecule has 2 heterocycles. The molecule has 5 aromatic rings. The number of nitrogens with zero attached hydrogens (tertiary/aromatic N) is 2. The molecule has 2 aliphatic rings. The Balaban J connectivity index is 1.50. The molecule has 0 saturated carbocycles. The fourth-order valence-corrected chi connectivity index (χ4v) is 7.14. The lowest BCUT2D eigenvalue weighted by Gasteiger charge is -2.42. The molecular formula is C39H36N2O2. The Morgan fingerprint density at radius 1 is 0.581 bits per heavy atom. The predicted octanol–water partition coefficient (Wildman–Crippen LogP) is 10.00. The highest BCUT2D eigenvalue weighted by molar-refractivity contribution is 6.36. The monoisotopic (exact) mass is 564 g/mol. The number of hydrogen-bond donors (Lipinski definition) is 0. The summed E-state index contributed by atoms with van der Waals surface area (Å²) in [5, 5.41) is 1.61. The number of fused-ring (bicyclic) bond motifs is 2. The number of anilines is 4. The maximum atomic E-state index is 14.7. The van der Waals surface area contributed by atoms with Crippen molar-refractivity contribution in [1.29, 1.82) is 0 Å². The molecule has 214 valence electrons. The van der Waals surface area contributed by atoms with Crippen LogP contribution in [0.25, 0.3) is 10.8 Å². The summed E-state index contributed by atoms with van der Waals surface area (Å²) in [5.41, 5.74) is 9.21. The highest BCUT2D eigenvalue weighted by atomic mass is 16.2.